The highest BCUT2D eigenvalue weighted by Crippen LogP contribution is 2.06. The minimum absolute atomic E-state index is 1.13. The lowest BCUT2D eigenvalue weighted by atomic mass is 10.0. The van der Waals surface area contributed by atoms with Crippen LogP contribution in [0, 0.1) is 0 Å². The molecule has 0 aliphatic rings. The maximum absolute atomic E-state index is 8.65. The second-order valence-corrected chi connectivity index (χ2v) is 4.02. The Kier molecular flexibility index (Phi) is 6.59. The number of rotatable bonds is 3. The van der Waals surface area contributed by atoms with Crippen LogP contribution >= 0.6 is 11.6 Å². The van der Waals surface area contributed by atoms with E-state index in [9.17, 15) is 0 Å². The lowest BCUT2D eigenvalue weighted by molar-refractivity contribution is -0.233. The molecule has 0 heterocycles. The number of carbonyl (C=O) groups excluding carboxylic acids is 1. The Bertz CT molecular complexity index is 411. The van der Waals surface area contributed by atoms with Gasteiger partial charge in [0.1, 0.15) is 5.43 Å². The van der Waals surface area contributed by atoms with E-state index in [1.54, 1.807) is 0 Å². The van der Waals surface area contributed by atoms with Gasteiger partial charge in [0, 0.05) is 0 Å². The molecule has 0 spiro atoms. The molecule has 0 aromatic heterocycles. The van der Waals surface area contributed by atoms with Crippen LogP contribution < -0.4 is 5.11 Å². The van der Waals surface area contributed by atoms with Crippen LogP contribution in [0.1, 0.15) is 11.1 Å². The van der Waals surface area contributed by atoms with E-state index in [-0.39, 0.29) is 0 Å². The Balaban J connectivity index is 0.000000357. The summed E-state index contributed by atoms with van der Waals surface area (Å²) in [5, 5.41) is 8.65. The summed E-state index contributed by atoms with van der Waals surface area (Å²) in [6.07, 6.45) is 2.26. The van der Waals surface area contributed by atoms with E-state index in [1.165, 1.54) is 11.1 Å². The summed E-state index contributed by atoms with van der Waals surface area (Å²) in [6.45, 7) is 0. The van der Waals surface area contributed by atoms with E-state index >= 15 is 0 Å². The molecule has 94 valence electrons. The Labute approximate surface area is 112 Å². The number of aryl methyl sites for hydroxylation is 2. The molecule has 0 saturated heterocycles. The summed E-state index contributed by atoms with van der Waals surface area (Å²) < 4.78 is 0. The average Bonchev–Trinajstić information content (AvgIpc) is 2.38. The molecule has 0 saturated carbocycles. The van der Waals surface area contributed by atoms with Gasteiger partial charge in [0.25, 0.3) is 0 Å². The van der Waals surface area contributed by atoms with Crippen molar-refractivity contribution in [2.24, 2.45) is 0 Å². The van der Waals surface area contributed by atoms with Gasteiger partial charge in [-0.1, -0.05) is 72.3 Å². The molecule has 2 aromatic carbocycles. The van der Waals surface area contributed by atoms with Crippen LogP contribution in [-0.2, 0) is 12.8 Å². The molecule has 0 aliphatic heterocycles. The minimum Gasteiger partial charge on any atom is -0.534 e. The molecule has 0 radical (unpaired) electrons. The van der Waals surface area contributed by atoms with Crippen molar-refractivity contribution >= 4 is 17.0 Å². The van der Waals surface area contributed by atoms with Crippen molar-refractivity contribution in [3.8, 4) is 0 Å². The van der Waals surface area contributed by atoms with E-state index in [4.69, 9.17) is 9.90 Å². The van der Waals surface area contributed by atoms with Crippen molar-refractivity contribution in [1.29, 1.82) is 0 Å². The minimum atomic E-state index is -1.61. The molecule has 0 atom stereocenters. The average molecular weight is 262 g/mol. The fraction of sp³-hybridized carbons (Fsp3) is 0.133. The molecular formula is C15H14ClO2-. The van der Waals surface area contributed by atoms with Gasteiger partial charge in [0.05, 0.1) is 0 Å². The van der Waals surface area contributed by atoms with Crippen LogP contribution in [0.2, 0.25) is 0 Å². The maximum atomic E-state index is 8.65. The number of carbonyl (C=O) groups is 1. The molecule has 0 aliphatic carbocycles. The van der Waals surface area contributed by atoms with E-state index < -0.39 is 5.43 Å². The fourth-order valence-electron chi connectivity index (χ4n) is 1.58. The molecule has 2 nitrogen and oxygen atoms in total. The largest absolute Gasteiger partial charge is 0.534 e. The van der Waals surface area contributed by atoms with Gasteiger partial charge in [0.15, 0.2) is 0 Å². The van der Waals surface area contributed by atoms with Crippen molar-refractivity contribution in [2.45, 2.75) is 12.8 Å². The lowest BCUT2D eigenvalue weighted by Crippen LogP contribution is -2.11. The van der Waals surface area contributed by atoms with Gasteiger partial charge in [-0.15, -0.1) is 0 Å². The second kappa shape index (κ2) is 8.31. The highest BCUT2D eigenvalue weighted by molar-refractivity contribution is 6.59. The quantitative estimate of drug-likeness (QED) is 0.797. The van der Waals surface area contributed by atoms with Crippen molar-refractivity contribution in [3.63, 3.8) is 0 Å². The van der Waals surface area contributed by atoms with Gasteiger partial charge in [-0.05, 0) is 24.0 Å². The van der Waals surface area contributed by atoms with Crippen LogP contribution in [0.3, 0.4) is 0 Å². The van der Waals surface area contributed by atoms with Crippen LogP contribution in [0.5, 0.6) is 0 Å². The number of halogens is 1. The Morgan fingerprint density at radius 1 is 0.833 bits per heavy atom. The Morgan fingerprint density at radius 2 is 1.11 bits per heavy atom. The van der Waals surface area contributed by atoms with Crippen molar-refractivity contribution < 1.29 is 9.90 Å². The first-order chi connectivity index (χ1) is 8.68. The van der Waals surface area contributed by atoms with Gasteiger partial charge < -0.3 is 9.90 Å². The fourth-order valence-corrected chi connectivity index (χ4v) is 1.58. The first-order valence-corrected chi connectivity index (χ1v) is 6.00. The van der Waals surface area contributed by atoms with Crippen molar-refractivity contribution in [3.05, 3.63) is 71.8 Å². The first kappa shape index (κ1) is 14.3. The first-order valence-electron chi connectivity index (χ1n) is 5.63. The predicted molar refractivity (Wildman–Crippen MR) is 71.5 cm³/mol. The SMILES string of the molecule is O=C([O-])Cl.c1ccc(CCc2ccccc2)cc1. The maximum Gasteiger partial charge on any atom is 0.134 e. The van der Waals surface area contributed by atoms with Crippen LogP contribution in [-0.4, -0.2) is 5.43 Å². The predicted octanol–water partition coefficient (Wildman–Crippen LogP) is 3.04. The highest BCUT2D eigenvalue weighted by atomic mass is 35.5. The highest BCUT2D eigenvalue weighted by Gasteiger charge is 1.93. The van der Waals surface area contributed by atoms with Gasteiger partial charge in [-0.2, -0.15) is 0 Å². The molecular weight excluding hydrogens is 248 g/mol. The molecule has 3 heteroatoms. The molecule has 2 aromatic rings. The molecule has 2 rings (SSSR count). The van der Waals surface area contributed by atoms with Crippen molar-refractivity contribution in [1.82, 2.24) is 0 Å². The smallest absolute Gasteiger partial charge is 0.134 e. The lowest BCUT2D eigenvalue weighted by Gasteiger charge is -2.01. The molecule has 0 N–H and O–H groups in total. The van der Waals surface area contributed by atoms with E-state index in [1.807, 2.05) is 0 Å². The summed E-state index contributed by atoms with van der Waals surface area (Å²) in [7, 11) is 0. The summed E-state index contributed by atoms with van der Waals surface area (Å²) in [5.74, 6) is 0. The van der Waals surface area contributed by atoms with Gasteiger partial charge >= 0.3 is 0 Å². The zero-order chi connectivity index (χ0) is 13.2. The molecule has 18 heavy (non-hydrogen) atoms. The molecule has 0 fully saturated rings. The molecule has 0 unspecified atom stereocenters. The topological polar surface area (TPSA) is 40.1 Å². The van der Waals surface area contributed by atoms with Crippen LogP contribution in [0.4, 0.5) is 4.79 Å². The second-order valence-electron chi connectivity index (χ2n) is 3.71. The van der Waals surface area contributed by atoms with Crippen LogP contribution in [0.15, 0.2) is 60.7 Å². The number of hydrogen-bond donors (Lipinski definition) is 0. The van der Waals surface area contributed by atoms with Crippen LogP contribution in [0.25, 0.3) is 0 Å². The third-order valence-electron chi connectivity index (χ3n) is 2.39. The summed E-state index contributed by atoms with van der Waals surface area (Å²) in [4.78, 5) is 8.65. The van der Waals surface area contributed by atoms with Gasteiger partial charge in [0.2, 0.25) is 0 Å². The summed E-state index contributed by atoms with van der Waals surface area (Å²) >= 11 is 4.08. The third-order valence-corrected chi connectivity index (χ3v) is 2.39. The summed E-state index contributed by atoms with van der Waals surface area (Å²) in [6, 6.07) is 21.2. The number of hydrogen-bond acceptors (Lipinski definition) is 2. The van der Waals surface area contributed by atoms with E-state index in [0.29, 0.717) is 0 Å². The van der Waals surface area contributed by atoms with E-state index in [2.05, 4.69) is 72.3 Å². The van der Waals surface area contributed by atoms with Gasteiger partial charge in [-0.25, -0.2) is 0 Å². The summed E-state index contributed by atoms with van der Waals surface area (Å²) in [5.41, 5.74) is 1.22. The van der Waals surface area contributed by atoms with Crippen molar-refractivity contribution in [2.75, 3.05) is 0 Å². The van der Waals surface area contributed by atoms with Gasteiger partial charge in [-0.3, -0.25) is 0 Å². The number of carboxylic acid groups (broad SMARTS) is 1. The molecule has 0 amide bonds. The van der Waals surface area contributed by atoms with E-state index in [0.717, 1.165) is 12.8 Å². The zero-order valence-electron chi connectivity index (χ0n) is 9.88. The zero-order valence-corrected chi connectivity index (χ0v) is 10.6. The monoisotopic (exact) mass is 261 g/mol. The normalized spacial score (nSPS) is 9.17. The molecule has 0 bridgehead atoms. The Hall–Kier alpha value is -1.80. The third kappa shape index (κ3) is 6.71. The Morgan fingerprint density at radius 3 is 1.39 bits per heavy atom. The number of benzene rings is 2. The standard InChI is InChI=1S/C14H14.CHClO2/c1-3-7-13(8-4-1)11-12-14-9-5-2-6-10-14;2-1(3)4/h1-10H,11-12H2;(H,3,4)/p-1.